The van der Waals surface area contributed by atoms with E-state index in [1.807, 2.05) is 6.07 Å². The van der Waals surface area contributed by atoms with Crippen LogP contribution in [0.1, 0.15) is 32.4 Å². The molecule has 1 heterocycles. The van der Waals surface area contributed by atoms with Gasteiger partial charge in [0, 0.05) is 15.9 Å². The number of pyridine rings is 1. The van der Waals surface area contributed by atoms with E-state index in [4.69, 9.17) is 4.98 Å². The minimum Gasteiger partial charge on any atom is -0.253 e. The van der Waals surface area contributed by atoms with Gasteiger partial charge in [0.05, 0.1) is 5.52 Å². The molecule has 0 aliphatic carbocycles. The third-order valence-corrected chi connectivity index (χ3v) is 4.81. The molecule has 0 saturated heterocycles. The van der Waals surface area contributed by atoms with Gasteiger partial charge in [0.25, 0.3) is 0 Å². The van der Waals surface area contributed by atoms with E-state index in [1.165, 1.54) is 23.9 Å². The molecule has 18 heavy (non-hydrogen) atoms. The Balaban J connectivity index is 1.96. The van der Waals surface area contributed by atoms with Crippen LogP contribution in [0.15, 0.2) is 36.4 Å². The van der Waals surface area contributed by atoms with Crippen LogP contribution >= 0.6 is 15.9 Å². The van der Waals surface area contributed by atoms with Crippen molar-refractivity contribution >= 4 is 26.8 Å². The van der Waals surface area contributed by atoms with Crippen LogP contribution in [-0.2, 0) is 6.42 Å². The van der Waals surface area contributed by atoms with Crippen LogP contribution in [0, 0.1) is 5.92 Å². The Morgan fingerprint density at radius 1 is 1.11 bits per heavy atom. The summed E-state index contributed by atoms with van der Waals surface area (Å²) in [5, 5.41) is 1.22. The fourth-order valence-electron chi connectivity index (χ4n) is 2.06. The van der Waals surface area contributed by atoms with Gasteiger partial charge in [0.1, 0.15) is 0 Å². The van der Waals surface area contributed by atoms with Gasteiger partial charge in [0.2, 0.25) is 0 Å². The number of aromatic nitrogens is 1. The minimum atomic E-state index is 0.623. The van der Waals surface area contributed by atoms with Gasteiger partial charge in [-0.15, -0.1) is 0 Å². The Morgan fingerprint density at radius 2 is 1.89 bits per heavy atom. The molecule has 0 bridgehead atoms. The molecule has 0 aliphatic heterocycles. The second-order valence-corrected chi connectivity index (χ2v) is 6.32. The molecular weight excluding hydrogens is 286 g/mol. The van der Waals surface area contributed by atoms with Crippen molar-refractivity contribution < 1.29 is 0 Å². The first-order valence-corrected chi connectivity index (χ1v) is 7.57. The number of alkyl halides is 1. The normalized spacial score (nSPS) is 13.1. The van der Waals surface area contributed by atoms with Gasteiger partial charge in [0.15, 0.2) is 0 Å². The summed E-state index contributed by atoms with van der Waals surface area (Å²) in [5.41, 5.74) is 2.31. The van der Waals surface area contributed by atoms with Crippen molar-refractivity contribution in [1.82, 2.24) is 4.98 Å². The first-order valence-electron chi connectivity index (χ1n) is 6.65. The molecule has 0 amide bonds. The van der Waals surface area contributed by atoms with Crippen molar-refractivity contribution in [2.45, 2.75) is 37.9 Å². The summed E-state index contributed by atoms with van der Waals surface area (Å²) in [4.78, 5) is 5.32. The van der Waals surface area contributed by atoms with Gasteiger partial charge in [-0.1, -0.05) is 54.0 Å². The van der Waals surface area contributed by atoms with E-state index in [-0.39, 0.29) is 0 Å². The van der Waals surface area contributed by atoms with Crippen LogP contribution in [0.25, 0.3) is 10.9 Å². The summed E-state index contributed by atoms with van der Waals surface area (Å²) in [6, 6.07) is 12.6. The maximum atomic E-state index is 4.70. The van der Waals surface area contributed by atoms with Crippen molar-refractivity contribution in [1.29, 1.82) is 0 Å². The zero-order chi connectivity index (χ0) is 13.0. The Kier molecular flexibility index (Phi) is 4.76. The molecule has 0 radical (unpaired) electrons. The molecule has 1 aromatic carbocycles. The van der Waals surface area contributed by atoms with Gasteiger partial charge in [-0.25, -0.2) is 0 Å². The number of hydrogen-bond donors (Lipinski definition) is 0. The number of para-hydroxylation sites is 1. The van der Waals surface area contributed by atoms with E-state index in [1.54, 1.807) is 0 Å². The molecule has 2 aromatic rings. The SMILES string of the molecule is CC(C)C(Br)CCCc1ccc2ccccc2n1. The summed E-state index contributed by atoms with van der Waals surface area (Å²) in [6.45, 7) is 4.52. The number of aryl methyl sites for hydroxylation is 1. The monoisotopic (exact) mass is 305 g/mol. The number of nitrogens with zero attached hydrogens (tertiary/aromatic N) is 1. The molecule has 1 aromatic heterocycles. The summed E-state index contributed by atoms with van der Waals surface area (Å²) in [5.74, 6) is 0.703. The lowest BCUT2D eigenvalue weighted by atomic mass is 10.0. The fraction of sp³-hybridized carbons (Fsp3) is 0.438. The Morgan fingerprint density at radius 3 is 2.67 bits per heavy atom. The number of fused-ring (bicyclic) bond motifs is 1. The largest absolute Gasteiger partial charge is 0.253 e. The molecule has 96 valence electrons. The number of hydrogen-bond acceptors (Lipinski definition) is 1. The zero-order valence-corrected chi connectivity index (χ0v) is 12.7. The zero-order valence-electron chi connectivity index (χ0n) is 11.1. The molecule has 0 N–H and O–H groups in total. The lowest BCUT2D eigenvalue weighted by molar-refractivity contribution is 0.561. The lowest BCUT2D eigenvalue weighted by Gasteiger charge is -2.12. The van der Waals surface area contributed by atoms with Crippen LogP contribution in [0.5, 0.6) is 0 Å². The maximum absolute atomic E-state index is 4.70. The van der Waals surface area contributed by atoms with Crippen LogP contribution < -0.4 is 0 Å². The van der Waals surface area contributed by atoms with Gasteiger partial charge < -0.3 is 0 Å². The molecule has 2 rings (SSSR count). The molecular formula is C16H20BrN. The third kappa shape index (κ3) is 3.55. The highest BCUT2D eigenvalue weighted by atomic mass is 79.9. The molecule has 1 atom stereocenters. The average Bonchev–Trinajstić information content (AvgIpc) is 2.38. The number of halogens is 1. The van der Waals surface area contributed by atoms with Crippen LogP contribution in [0.2, 0.25) is 0 Å². The van der Waals surface area contributed by atoms with Gasteiger partial charge in [-0.3, -0.25) is 4.98 Å². The van der Waals surface area contributed by atoms with Crippen molar-refractivity contribution in [3.8, 4) is 0 Å². The quantitative estimate of drug-likeness (QED) is 0.710. The second kappa shape index (κ2) is 6.33. The molecule has 2 heteroatoms. The van der Waals surface area contributed by atoms with E-state index in [9.17, 15) is 0 Å². The van der Waals surface area contributed by atoms with Crippen LogP contribution in [0.4, 0.5) is 0 Å². The first-order chi connectivity index (χ1) is 8.66. The molecule has 0 fully saturated rings. The van der Waals surface area contributed by atoms with E-state index >= 15 is 0 Å². The predicted octanol–water partition coefficient (Wildman–Crippen LogP) is 4.98. The topological polar surface area (TPSA) is 12.9 Å². The van der Waals surface area contributed by atoms with Gasteiger partial charge >= 0.3 is 0 Å². The van der Waals surface area contributed by atoms with E-state index in [0.717, 1.165) is 11.9 Å². The predicted molar refractivity (Wildman–Crippen MR) is 82.2 cm³/mol. The number of rotatable bonds is 5. The van der Waals surface area contributed by atoms with E-state index in [0.29, 0.717) is 10.7 Å². The van der Waals surface area contributed by atoms with E-state index < -0.39 is 0 Å². The van der Waals surface area contributed by atoms with Crippen molar-refractivity contribution in [3.63, 3.8) is 0 Å². The van der Waals surface area contributed by atoms with Gasteiger partial charge in [-0.05, 0) is 37.3 Å². The average molecular weight is 306 g/mol. The standard InChI is InChI=1S/C16H20BrN/c1-12(2)15(17)8-5-7-14-11-10-13-6-3-4-9-16(13)18-14/h3-4,6,9-12,15H,5,7-8H2,1-2H3. The molecule has 0 saturated carbocycles. The maximum Gasteiger partial charge on any atom is 0.0705 e. The first kappa shape index (κ1) is 13.5. The summed E-state index contributed by atoms with van der Waals surface area (Å²) in [6.07, 6.45) is 3.48. The summed E-state index contributed by atoms with van der Waals surface area (Å²) >= 11 is 3.74. The summed E-state index contributed by atoms with van der Waals surface area (Å²) in [7, 11) is 0. The van der Waals surface area contributed by atoms with E-state index in [2.05, 4.69) is 60.1 Å². The van der Waals surface area contributed by atoms with Crippen molar-refractivity contribution in [2.24, 2.45) is 5.92 Å². The second-order valence-electron chi connectivity index (χ2n) is 5.15. The Hall–Kier alpha value is -0.890. The van der Waals surface area contributed by atoms with Crippen LogP contribution in [-0.4, -0.2) is 9.81 Å². The highest BCUT2D eigenvalue weighted by molar-refractivity contribution is 9.09. The fourth-order valence-corrected chi connectivity index (χ4v) is 2.38. The molecule has 1 nitrogen and oxygen atoms in total. The molecule has 0 spiro atoms. The highest BCUT2D eigenvalue weighted by Gasteiger charge is 2.08. The van der Waals surface area contributed by atoms with Crippen LogP contribution in [0.3, 0.4) is 0 Å². The lowest BCUT2D eigenvalue weighted by Crippen LogP contribution is -2.07. The minimum absolute atomic E-state index is 0.623. The Labute approximate surface area is 118 Å². The third-order valence-electron chi connectivity index (χ3n) is 3.29. The van der Waals surface area contributed by atoms with Gasteiger partial charge in [-0.2, -0.15) is 0 Å². The number of benzene rings is 1. The highest BCUT2D eigenvalue weighted by Crippen LogP contribution is 2.19. The molecule has 1 unspecified atom stereocenters. The van der Waals surface area contributed by atoms with Crippen molar-refractivity contribution in [2.75, 3.05) is 0 Å². The molecule has 0 aliphatic rings. The summed E-state index contributed by atoms with van der Waals surface area (Å²) < 4.78 is 0. The van der Waals surface area contributed by atoms with Crippen molar-refractivity contribution in [3.05, 3.63) is 42.1 Å². The smallest absolute Gasteiger partial charge is 0.0705 e. The Bertz CT molecular complexity index is 507.